The van der Waals surface area contributed by atoms with E-state index < -0.39 is 0 Å². The fourth-order valence-corrected chi connectivity index (χ4v) is 3.76. The van der Waals surface area contributed by atoms with Gasteiger partial charge in [-0.15, -0.1) is 0 Å². The highest BCUT2D eigenvalue weighted by molar-refractivity contribution is 7.99. The fourth-order valence-electron chi connectivity index (χ4n) is 2.86. The average molecular weight is 322 g/mol. The summed E-state index contributed by atoms with van der Waals surface area (Å²) in [4.78, 5) is 13.7. The zero-order valence-corrected chi connectivity index (χ0v) is 14.6. The molecule has 3 rings (SSSR count). The van der Waals surface area contributed by atoms with E-state index in [1.807, 2.05) is 11.8 Å². The van der Waals surface area contributed by atoms with Crippen LogP contribution in [0.1, 0.15) is 20.8 Å². The minimum atomic E-state index is 0.151. The maximum atomic E-state index is 5.94. The first-order valence-corrected chi connectivity index (χ1v) is 9.21. The lowest BCUT2D eigenvalue weighted by atomic mass is 9.88. The van der Waals surface area contributed by atoms with Crippen molar-refractivity contribution in [3.05, 3.63) is 12.4 Å². The number of thioether (sulfide) groups is 1. The molecule has 1 atom stereocenters. The van der Waals surface area contributed by atoms with Crippen molar-refractivity contribution in [2.45, 2.75) is 26.9 Å². The summed E-state index contributed by atoms with van der Waals surface area (Å²) in [5, 5.41) is 0. The molecule has 0 spiro atoms. The van der Waals surface area contributed by atoms with Crippen molar-refractivity contribution in [3.8, 4) is 0 Å². The lowest BCUT2D eigenvalue weighted by Crippen LogP contribution is -2.48. The maximum Gasteiger partial charge on any atom is 0.134 e. The van der Waals surface area contributed by atoms with E-state index in [2.05, 4.69) is 46.6 Å². The summed E-state index contributed by atoms with van der Waals surface area (Å²) in [6.45, 7) is 11.4. The highest BCUT2D eigenvalue weighted by Crippen LogP contribution is 2.28. The fraction of sp³-hybridized carbons (Fsp3) is 0.750. The highest BCUT2D eigenvalue weighted by atomic mass is 32.2. The number of aromatic nitrogens is 2. The Kier molecular flexibility index (Phi) is 4.78. The number of rotatable bonds is 2. The van der Waals surface area contributed by atoms with Crippen molar-refractivity contribution in [2.75, 3.05) is 54.1 Å². The van der Waals surface area contributed by atoms with Crippen molar-refractivity contribution in [3.63, 3.8) is 0 Å². The second kappa shape index (κ2) is 6.62. The van der Waals surface area contributed by atoms with Gasteiger partial charge in [-0.05, 0) is 5.41 Å². The SMILES string of the molecule is CC(C)(C)[C@H]1CN(c2cc(N3CCSCC3)ncn2)CCO1. The summed E-state index contributed by atoms with van der Waals surface area (Å²) < 4.78 is 5.94. The first-order valence-electron chi connectivity index (χ1n) is 8.05. The van der Waals surface area contributed by atoms with Gasteiger partial charge in [0, 0.05) is 43.8 Å². The van der Waals surface area contributed by atoms with E-state index >= 15 is 0 Å². The molecule has 0 amide bonds. The van der Waals surface area contributed by atoms with Crippen molar-refractivity contribution in [2.24, 2.45) is 5.41 Å². The summed E-state index contributed by atoms with van der Waals surface area (Å²) in [7, 11) is 0. The molecule has 3 heterocycles. The summed E-state index contributed by atoms with van der Waals surface area (Å²) in [5.74, 6) is 4.45. The monoisotopic (exact) mass is 322 g/mol. The molecule has 0 unspecified atom stereocenters. The molecule has 0 saturated carbocycles. The van der Waals surface area contributed by atoms with E-state index in [1.54, 1.807) is 6.33 Å². The van der Waals surface area contributed by atoms with E-state index in [0.717, 1.165) is 44.4 Å². The van der Waals surface area contributed by atoms with E-state index in [-0.39, 0.29) is 11.5 Å². The van der Waals surface area contributed by atoms with Gasteiger partial charge in [-0.1, -0.05) is 20.8 Å². The van der Waals surface area contributed by atoms with Gasteiger partial charge in [-0.2, -0.15) is 11.8 Å². The Bertz CT molecular complexity index is 499. The molecule has 2 aliphatic heterocycles. The average Bonchev–Trinajstić information content (AvgIpc) is 2.55. The van der Waals surface area contributed by atoms with Crippen LogP contribution in [0.2, 0.25) is 0 Å². The van der Waals surface area contributed by atoms with Gasteiger partial charge in [0.2, 0.25) is 0 Å². The standard InChI is InChI=1S/C16H26N4OS/c1-16(2,3)13-11-20(4-7-21-13)15-10-14(17-12-18-15)19-5-8-22-9-6-19/h10,12-13H,4-9,11H2,1-3H3/t13-/m1/s1. The van der Waals surface area contributed by atoms with Crippen LogP contribution >= 0.6 is 11.8 Å². The molecule has 0 aromatic carbocycles. The molecular weight excluding hydrogens is 296 g/mol. The summed E-state index contributed by atoms with van der Waals surface area (Å²) in [6, 6.07) is 2.14. The molecule has 6 heteroatoms. The Morgan fingerprint density at radius 1 is 1.09 bits per heavy atom. The molecule has 2 fully saturated rings. The summed E-state index contributed by atoms with van der Waals surface area (Å²) in [5.41, 5.74) is 0.151. The molecule has 0 bridgehead atoms. The largest absolute Gasteiger partial charge is 0.374 e. The lowest BCUT2D eigenvalue weighted by Gasteiger charge is -2.40. The minimum absolute atomic E-state index is 0.151. The molecular formula is C16H26N4OS. The molecule has 1 aromatic heterocycles. The topological polar surface area (TPSA) is 41.5 Å². The Balaban J connectivity index is 1.74. The molecule has 5 nitrogen and oxygen atoms in total. The Morgan fingerprint density at radius 3 is 2.45 bits per heavy atom. The van der Waals surface area contributed by atoms with E-state index in [1.165, 1.54) is 11.5 Å². The van der Waals surface area contributed by atoms with Crippen LogP contribution in [0.5, 0.6) is 0 Å². The number of nitrogens with zero attached hydrogens (tertiary/aromatic N) is 4. The first-order chi connectivity index (χ1) is 10.5. The van der Waals surface area contributed by atoms with Gasteiger partial charge in [-0.25, -0.2) is 9.97 Å². The van der Waals surface area contributed by atoms with Gasteiger partial charge in [0.05, 0.1) is 12.7 Å². The Labute approximate surface area is 137 Å². The summed E-state index contributed by atoms with van der Waals surface area (Å²) in [6.07, 6.45) is 1.94. The van der Waals surface area contributed by atoms with Crippen molar-refractivity contribution < 1.29 is 4.74 Å². The predicted octanol–water partition coefficient (Wildman–Crippen LogP) is 2.28. The van der Waals surface area contributed by atoms with E-state index in [4.69, 9.17) is 4.74 Å². The number of ether oxygens (including phenoxy) is 1. The van der Waals surface area contributed by atoms with Gasteiger partial charge < -0.3 is 14.5 Å². The van der Waals surface area contributed by atoms with Crippen LogP contribution in [-0.2, 0) is 4.74 Å². The zero-order chi connectivity index (χ0) is 15.6. The van der Waals surface area contributed by atoms with Crippen LogP contribution in [0.25, 0.3) is 0 Å². The van der Waals surface area contributed by atoms with Crippen molar-refractivity contribution >= 4 is 23.4 Å². The van der Waals surface area contributed by atoms with E-state index in [0.29, 0.717) is 0 Å². The smallest absolute Gasteiger partial charge is 0.134 e. The zero-order valence-electron chi connectivity index (χ0n) is 13.8. The Hall–Kier alpha value is -1.01. The van der Waals surface area contributed by atoms with Gasteiger partial charge in [0.15, 0.2) is 0 Å². The Morgan fingerprint density at radius 2 is 1.77 bits per heavy atom. The quantitative estimate of drug-likeness (QED) is 0.832. The molecule has 2 saturated heterocycles. The minimum Gasteiger partial charge on any atom is -0.374 e. The van der Waals surface area contributed by atoms with Crippen molar-refractivity contribution in [1.82, 2.24) is 9.97 Å². The van der Waals surface area contributed by atoms with Gasteiger partial charge in [-0.3, -0.25) is 0 Å². The summed E-state index contributed by atoms with van der Waals surface area (Å²) >= 11 is 2.02. The number of anilines is 2. The first kappa shape index (κ1) is 15.9. The van der Waals surface area contributed by atoms with Crippen LogP contribution < -0.4 is 9.80 Å². The molecule has 22 heavy (non-hydrogen) atoms. The highest BCUT2D eigenvalue weighted by Gasteiger charge is 2.31. The third-order valence-corrected chi connectivity index (χ3v) is 5.27. The number of hydrogen-bond donors (Lipinski definition) is 0. The maximum absolute atomic E-state index is 5.94. The van der Waals surface area contributed by atoms with Gasteiger partial charge in [0.25, 0.3) is 0 Å². The molecule has 0 aliphatic carbocycles. The van der Waals surface area contributed by atoms with Crippen LogP contribution in [0.15, 0.2) is 12.4 Å². The number of morpholine rings is 1. The van der Waals surface area contributed by atoms with Crippen LogP contribution in [0.4, 0.5) is 11.6 Å². The molecule has 0 radical (unpaired) electrons. The van der Waals surface area contributed by atoms with Crippen LogP contribution in [-0.4, -0.2) is 60.4 Å². The molecule has 1 aromatic rings. The predicted molar refractivity (Wildman–Crippen MR) is 93.0 cm³/mol. The van der Waals surface area contributed by atoms with E-state index in [9.17, 15) is 0 Å². The lowest BCUT2D eigenvalue weighted by molar-refractivity contribution is -0.0267. The molecule has 2 aliphatic rings. The van der Waals surface area contributed by atoms with Crippen molar-refractivity contribution in [1.29, 1.82) is 0 Å². The second-order valence-electron chi connectivity index (χ2n) is 7.01. The second-order valence-corrected chi connectivity index (χ2v) is 8.23. The van der Waals surface area contributed by atoms with Gasteiger partial charge >= 0.3 is 0 Å². The molecule has 122 valence electrons. The normalized spacial score (nSPS) is 23.7. The van der Waals surface area contributed by atoms with Crippen LogP contribution in [0, 0.1) is 5.41 Å². The van der Waals surface area contributed by atoms with Crippen LogP contribution in [0.3, 0.4) is 0 Å². The van der Waals surface area contributed by atoms with Gasteiger partial charge in [0.1, 0.15) is 18.0 Å². The third kappa shape index (κ3) is 3.66. The third-order valence-electron chi connectivity index (χ3n) is 4.33. The number of hydrogen-bond acceptors (Lipinski definition) is 6. The molecule has 0 N–H and O–H groups in total.